The first-order chi connectivity index (χ1) is 8.15. The van der Waals surface area contributed by atoms with Gasteiger partial charge in [0.25, 0.3) is 0 Å². The second kappa shape index (κ2) is 3.84. The van der Waals surface area contributed by atoms with Crippen LogP contribution in [0.3, 0.4) is 0 Å². The van der Waals surface area contributed by atoms with Gasteiger partial charge in [-0.15, -0.1) is 0 Å². The molecule has 0 aliphatic carbocycles. The van der Waals surface area contributed by atoms with Crippen molar-refractivity contribution in [3.05, 3.63) is 55.8 Å². The Morgan fingerprint density at radius 1 is 1.00 bits per heavy atom. The number of aryl methyl sites for hydroxylation is 1. The summed E-state index contributed by atoms with van der Waals surface area (Å²) < 4.78 is 6.77. The molecule has 3 heteroatoms. The van der Waals surface area contributed by atoms with Gasteiger partial charge >= 0.3 is 0 Å². The van der Waals surface area contributed by atoms with Crippen molar-refractivity contribution >= 4 is 44.5 Å². The fourth-order valence-corrected chi connectivity index (χ4v) is 2.43. The molecule has 0 N–H and O–H groups in total. The van der Waals surface area contributed by atoms with Crippen LogP contribution >= 0.6 is 22.6 Å². The van der Waals surface area contributed by atoms with Gasteiger partial charge in [-0.2, -0.15) is 0 Å². The lowest BCUT2D eigenvalue weighted by Gasteiger charge is -2.02. The molecule has 0 aliphatic rings. The quantitative estimate of drug-likeness (QED) is 0.461. The van der Waals surface area contributed by atoms with Gasteiger partial charge < -0.3 is 4.42 Å². The summed E-state index contributed by atoms with van der Waals surface area (Å²) in [6, 6.07) is 11.3. The Labute approximate surface area is 111 Å². The highest BCUT2D eigenvalue weighted by atomic mass is 127. The maximum Gasteiger partial charge on any atom is 0.200 e. The van der Waals surface area contributed by atoms with E-state index < -0.39 is 0 Å². The Morgan fingerprint density at radius 3 is 2.41 bits per heavy atom. The average Bonchev–Trinajstić information content (AvgIpc) is 2.32. The van der Waals surface area contributed by atoms with Gasteiger partial charge in [0.05, 0.1) is 10.8 Å². The lowest BCUT2D eigenvalue weighted by Crippen LogP contribution is -2.02. The van der Waals surface area contributed by atoms with Crippen molar-refractivity contribution < 1.29 is 4.42 Å². The Bertz CT molecular complexity index is 724. The van der Waals surface area contributed by atoms with Crippen LogP contribution in [0.1, 0.15) is 5.56 Å². The number of hydrogen-bond donors (Lipinski definition) is 0. The van der Waals surface area contributed by atoms with Crippen LogP contribution in [0.25, 0.3) is 21.9 Å². The van der Waals surface area contributed by atoms with E-state index in [1.807, 2.05) is 43.3 Å². The normalized spacial score (nSPS) is 11.2. The third-order valence-electron chi connectivity index (χ3n) is 2.79. The third kappa shape index (κ3) is 1.74. The molecular formula is C14H9IO2. The zero-order valence-electron chi connectivity index (χ0n) is 9.16. The molecule has 0 unspecified atom stereocenters. The van der Waals surface area contributed by atoms with Crippen LogP contribution in [0.2, 0.25) is 0 Å². The molecule has 0 atom stereocenters. The molecule has 17 heavy (non-hydrogen) atoms. The Hall–Kier alpha value is -1.36. The van der Waals surface area contributed by atoms with E-state index in [9.17, 15) is 4.79 Å². The van der Waals surface area contributed by atoms with Gasteiger partial charge in [-0.1, -0.05) is 11.6 Å². The largest absolute Gasteiger partial charge is 0.456 e. The Morgan fingerprint density at radius 2 is 1.65 bits per heavy atom. The summed E-state index contributed by atoms with van der Waals surface area (Å²) in [7, 11) is 0. The number of benzene rings is 2. The fourth-order valence-electron chi connectivity index (χ4n) is 1.94. The van der Waals surface area contributed by atoms with Crippen LogP contribution < -0.4 is 5.43 Å². The molecule has 0 spiro atoms. The lowest BCUT2D eigenvalue weighted by atomic mass is 10.1. The van der Waals surface area contributed by atoms with Crippen LogP contribution in [0, 0.1) is 10.5 Å². The Kier molecular flexibility index (Phi) is 2.43. The summed E-state index contributed by atoms with van der Waals surface area (Å²) in [6.07, 6.45) is 0. The van der Waals surface area contributed by atoms with Crippen LogP contribution in [0.15, 0.2) is 45.6 Å². The molecule has 0 aliphatic heterocycles. The predicted molar refractivity (Wildman–Crippen MR) is 77.4 cm³/mol. The maximum atomic E-state index is 12.3. The summed E-state index contributed by atoms with van der Waals surface area (Å²) in [5.74, 6) is 0. The molecule has 0 radical (unpaired) electrons. The molecule has 0 amide bonds. The van der Waals surface area contributed by atoms with Crippen molar-refractivity contribution in [3.8, 4) is 0 Å². The average molecular weight is 336 g/mol. The van der Waals surface area contributed by atoms with Crippen LogP contribution in [0.4, 0.5) is 0 Å². The fraction of sp³-hybridized carbons (Fsp3) is 0.0714. The summed E-state index contributed by atoms with van der Waals surface area (Å²) >= 11 is 2.19. The maximum absolute atomic E-state index is 12.3. The minimum Gasteiger partial charge on any atom is -0.456 e. The summed E-state index contributed by atoms with van der Waals surface area (Å²) in [4.78, 5) is 12.3. The van der Waals surface area contributed by atoms with E-state index in [4.69, 9.17) is 4.42 Å². The molecule has 3 rings (SSSR count). The van der Waals surface area contributed by atoms with Crippen molar-refractivity contribution in [2.75, 3.05) is 0 Å². The molecule has 0 saturated heterocycles. The number of halogens is 1. The molecule has 84 valence electrons. The summed E-state index contributed by atoms with van der Waals surface area (Å²) in [6.45, 7) is 1.97. The first-order valence-electron chi connectivity index (χ1n) is 5.28. The molecule has 1 heterocycles. The predicted octanol–water partition coefficient (Wildman–Crippen LogP) is 3.86. The molecule has 2 nitrogen and oxygen atoms in total. The van der Waals surface area contributed by atoms with E-state index in [1.165, 1.54) is 0 Å². The second-order valence-electron chi connectivity index (χ2n) is 4.07. The molecule has 0 saturated carbocycles. The van der Waals surface area contributed by atoms with Crippen molar-refractivity contribution in [1.82, 2.24) is 0 Å². The van der Waals surface area contributed by atoms with E-state index in [2.05, 4.69) is 22.6 Å². The Balaban J connectivity index is 2.58. The van der Waals surface area contributed by atoms with Gasteiger partial charge in [0.15, 0.2) is 0 Å². The van der Waals surface area contributed by atoms with Crippen molar-refractivity contribution in [1.29, 1.82) is 0 Å². The molecule has 3 aromatic rings. The minimum atomic E-state index is 0.0449. The highest BCUT2D eigenvalue weighted by molar-refractivity contribution is 14.1. The number of fused-ring (bicyclic) bond motifs is 2. The molecular weight excluding hydrogens is 327 g/mol. The van der Waals surface area contributed by atoms with E-state index in [0.717, 1.165) is 9.13 Å². The lowest BCUT2D eigenvalue weighted by molar-refractivity contribution is 0.659. The van der Waals surface area contributed by atoms with E-state index in [1.54, 1.807) is 0 Å². The third-order valence-corrected chi connectivity index (χ3v) is 3.46. The molecule has 0 bridgehead atoms. The topological polar surface area (TPSA) is 30.2 Å². The molecule has 0 fully saturated rings. The van der Waals surface area contributed by atoms with E-state index in [-0.39, 0.29) is 5.43 Å². The second-order valence-corrected chi connectivity index (χ2v) is 5.32. The zero-order valence-corrected chi connectivity index (χ0v) is 11.3. The minimum absolute atomic E-state index is 0.0449. The molecule has 1 aromatic heterocycles. The van der Waals surface area contributed by atoms with Crippen LogP contribution in [0.5, 0.6) is 0 Å². The first-order valence-corrected chi connectivity index (χ1v) is 6.36. The number of hydrogen-bond acceptors (Lipinski definition) is 2. The van der Waals surface area contributed by atoms with Gasteiger partial charge in [0.2, 0.25) is 5.43 Å². The van der Waals surface area contributed by atoms with E-state index >= 15 is 0 Å². The zero-order chi connectivity index (χ0) is 12.0. The van der Waals surface area contributed by atoms with Gasteiger partial charge in [-0.05, 0) is 59.8 Å². The SMILES string of the molecule is Cc1ccc2oc3ccc(I)cc3c(=O)c2c1. The van der Waals surface area contributed by atoms with Gasteiger partial charge in [0, 0.05) is 3.57 Å². The van der Waals surface area contributed by atoms with Crippen molar-refractivity contribution in [3.63, 3.8) is 0 Å². The highest BCUT2D eigenvalue weighted by Gasteiger charge is 2.07. The van der Waals surface area contributed by atoms with Crippen molar-refractivity contribution in [2.45, 2.75) is 6.92 Å². The smallest absolute Gasteiger partial charge is 0.200 e. The highest BCUT2D eigenvalue weighted by Crippen LogP contribution is 2.20. The van der Waals surface area contributed by atoms with E-state index in [0.29, 0.717) is 21.9 Å². The first kappa shape index (κ1) is 10.8. The van der Waals surface area contributed by atoms with Gasteiger partial charge in [0.1, 0.15) is 11.2 Å². The summed E-state index contributed by atoms with van der Waals surface area (Å²) in [5.41, 5.74) is 2.40. The van der Waals surface area contributed by atoms with Crippen LogP contribution in [-0.2, 0) is 0 Å². The van der Waals surface area contributed by atoms with Crippen LogP contribution in [-0.4, -0.2) is 0 Å². The summed E-state index contributed by atoms with van der Waals surface area (Å²) in [5, 5.41) is 1.30. The van der Waals surface area contributed by atoms with Crippen molar-refractivity contribution in [2.24, 2.45) is 0 Å². The van der Waals surface area contributed by atoms with Gasteiger partial charge in [-0.3, -0.25) is 4.79 Å². The standard InChI is InChI=1S/C14H9IO2/c1-8-2-4-12-10(6-8)14(16)11-7-9(15)3-5-13(11)17-12/h2-7H,1H3. The molecule has 2 aromatic carbocycles. The number of rotatable bonds is 0. The van der Waals surface area contributed by atoms with Gasteiger partial charge in [-0.25, -0.2) is 0 Å². The monoisotopic (exact) mass is 336 g/mol.